The molecular formula is C22H25ClN4O2. The van der Waals surface area contributed by atoms with E-state index in [1.807, 2.05) is 55.1 Å². The molecule has 6 nitrogen and oxygen atoms in total. The molecule has 0 atom stereocenters. The van der Waals surface area contributed by atoms with E-state index in [1.165, 1.54) is 0 Å². The van der Waals surface area contributed by atoms with Gasteiger partial charge in [-0.05, 0) is 56.1 Å². The van der Waals surface area contributed by atoms with Gasteiger partial charge in [-0.2, -0.15) is 0 Å². The summed E-state index contributed by atoms with van der Waals surface area (Å²) in [6.07, 6.45) is 0.905. The minimum absolute atomic E-state index is 0.0713. The molecule has 0 saturated carbocycles. The van der Waals surface area contributed by atoms with Gasteiger partial charge in [0.2, 0.25) is 17.7 Å². The molecular weight excluding hydrogens is 388 g/mol. The van der Waals surface area contributed by atoms with Crippen molar-refractivity contribution in [3.05, 3.63) is 64.5 Å². The Morgan fingerprint density at radius 3 is 2.69 bits per heavy atom. The minimum Gasteiger partial charge on any atom is -0.419 e. The molecule has 1 amide bonds. The van der Waals surface area contributed by atoms with Gasteiger partial charge < -0.3 is 9.73 Å². The number of nitrogens with zero attached hydrogens (tertiary/aromatic N) is 3. The fourth-order valence-corrected chi connectivity index (χ4v) is 3.28. The fraction of sp³-hybridized carbons (Fsp3) is 0.318. The number of rotatable bonds is 8. The monoisotopic (exact) mass is 412 g/mol. The summed E-state index contributed by atoms with van der Waals surface area (Å²) in [4.78, 5) is 14.6. The van der Waals surface area contributed by atoms with Crippen molar-refractivity contribution in [1.29, 1.82) is 0 Å². The minimum atomic E-state index is -0.0713. The summed E-state index contributed by atoms with van der Waals surface area (Å²) in [7, 11) is 0. The molecule has 0 spiro atoms. The molecule has 2 aromatic carbocycles. The van der Waals surface area contributed by atoms with E-state index < -0.39 is 0 Å². The predicted octanol–water partition coefficient (Wildman–Crippen LogP) is 4.86. The van der Waals surface area contributed by atoms with Crippen LogP contribution in [0.3, 0.4) is 0 Å². The molecule has 0 bridgehead atoms. The molecule has 7 heteroatoms. The van der Waals surface area contributed by atoms with Gasteiger partial charge in [0, 0.05) is 5.69 Å². The number of carbonyl (C=O) groups is 1. The second kappa shape index (κ2) is 9.67. The third-order valence-corrected chi connectivity index (χ3v) is 5.05. The van der Waals surface area contributed by atoms with Crippen molar-refractivity contribution in [2.24, 2.45) is 0 Å². The van der Waals surface area contributed by atoms with Crippen molar-refractivity contribution in [3.8, 4) is 11.5 Å². The van der Waals surface area contributed by atoms with E-state index in [-0.39, 0.29) is 12.5 Å². The van der Waals surface area contributed by atoms with Gasteiger partial charge in [0.15, 0.2) is 0 Å². The molecule has 1 N–H and O–H groups in total. The van der Waals surface area contributed by atoms with Crippen LogP contribution < -0.4 is 5.32 Å². The zero-order valence-corrected chi connectivity index (χ0v) is 17.7. The summed E-state index contributed by atoms with van der Waals surface area (Å²) in [6, 6.07) is 13.2. The Labute approximate surface area is 175 Å². The summed E-state index contributed by atoms with van der Waals surface area (Å²) < 4.78 is 5.78. The van der Waals surface area contributed by atoms with Crippen molar-refractivity contribution in [3.63, 3.8) is 0 Å². The van der Waals surface area contributed by atoms with Crippen LogP contribution in [0.5, 0.6) is 0 Å². The molecule has 0 radical (unpaired) electrons. The van der Waals surface area contributed by atoms with E-state index >= 15 is 0 Å². The van der Waals surface area contributed by atoms with E-state index in [0.717, 1.165) is 29.8 Å². The highest BCUT2D eigenvalue weighted by atomic mass is 35.5. The highest BCUT2D eigenvalue weighted by molar-refractivity contribution is 6.33. The lowest BCUT2D eigenvalue weighted by Gasteiger charge is -2.19. The van der Waals surface area contributed by atoms with Crippen molar-refractivity contribution < 1.29 is 9.21 Å². The Morgan fingerprint density at radius 2 is 1.93 bits per heavy atom. The van der Waals surface area contributed by atoms with Crippen molar-refractivity contribution >= 4 is 23.2 Å². The quantitative estimate of drug-likeness (QED) is 0.572. The summed E-state index contributed by atoms with van der Waals surface area (Å²) in [6.45, 7) is 7.48. The third-order valence-electron chi connectivity index (χ3n) is 4.72. The molecule has 152 valence electrons. The maximum atomic E-state index is 12.6. The van der Waals surface area contributed by atoms with Crippen molar-refractivity contribution in [1.82, 2.24) is 15.1 Å². The van der Waals surface area contributed by atoms with E-state index in [2.05, 4.69) is 22.4 Å². The van der Waals surface area contributed by atoms with Crippen LogP contribution in [-0.4, -0.2) is 34.1 Å². The average Bonchev–Trinajstić information content (AvgIpc) is 3.14. The van der Waals surface area contributed by atoms with Crippen LogP contribution in [0.15, 0.2) is 46.9 Å². The van der Waals surface area contributed by atoms with Gasteiger partial charge >= 0.3 is 0 Å². The number of benzene rings is 2. The smallest absolute Gasteiger partial charge is 0.249 e. The molecule has 1 aromatic heterocycles. The van der Waals surface area contributed by atoms with Gasteiger partial charge in [-0.3, -0.25) is 9.69 Å². The van der Waals surface area contributed by atoms with Gasteiger partial charge in [0.05, 0.1) is 23.7 Å². The Bertz CT molecular complexity index is 986. The number of carbonyl (C=O) groups excluding carboxylic acids is 1. The van der Waals surface area contributed by atoms with Crippen molar-refractivity contribution in [2.45, 2.75) is 33.7 Å². The number of hydrogen-bond donors (Lipinski definition) is 1. The number of anilines is 1. The lowest BCUT2D eigenvalue weighted by molar-refractivity contribution is -0.117. The summed E-state index contributed by atoms with van der Waals surface area (Å²) in [5, 5.41) is 11.8. The number of hydrogen-bond acceptors (Lipinski definition) is 5. The van der Waals surface area contributed by atoms with Gasteiger partial charge in [-0.15, -0.1) is 10.2 Å². The molecule has 1 heterocycles. The van der Waals surface area contributed by atoms with Crippen LogP contribution in [0.4, 0.5) is 5.69 Å². The molecule has 0 saturated heterocycles. The van der Waals surface area contributed by atoms with Gasteiger partial charge in [0.1, 0.15) is 0 Å². The van der Waals surface area contributed by atoms with Gasteiger partial charge in [-0.1, -0.05) is 42.8 Å². The second-order valence-corrected chi connectivity index (χ2v) is 7.39. The molecule has 29 heavy (non-hydrogen) atoms. The van der Waals surface area contributed by atoms with Crippen LogP contribution >= 0.6 is 11.6 Å². The molecule has 3 aromatic rings. The first-order valence-corrected chi connectivity index (χ1v) is 10.0. The normalized spacial score (nSPS) is 11.1. The first-order chi connectivity index (χ1) is 14.0. The van der Waals surface area contributed by atoms with Crippen LogP contribution in [0.25, 0.3) is 11.5 Å². The Morgan fingerprint density at radius 1 is 1.14 bits per heavy atom. The number of halogens is 1. The zero-order chi connectivity index (χ0) is 20.8. The molecule has 0 aliphatic carbocycles. The Hall–Kier alpha value is -2.70. The van der Waals surface area contributed by atoms with E-state index in [0.29, 0.717) is 28.9 Å². The van der Waals surface area contributed by atoms with Gasteiger partial charge in [0.25, 0.3) is 0 Å². The first-order valence-electron chi connectivity index (χ1n) is 9.63. The lowest BCUT2D eigenvalue weighted by Crippen LogP contribution is -2.33. The van der Waals surface area contributed by atoms with Crippen LogP contribution in [0, 0.1) is 13.8 Å². The predicted molar refractivity (Wildman–Crippen MR) is 115 cm³/mol. The standard InChI is InChI=1S/C22H25ClN4O2/c1-4-12-27(13-20(28)24-19-11-7-8-15(2)16(19)3)14-21-25-26-22(29-21)17-9-5-6-10-18(17)23/h5-11H,4,12-14H2,1-3H3,(H,24,28). The van der Waals surface area contributed by atoms with E-state index in [9.17, 15) is 4.79 Å². The van der Waals surface area contributed by atoms with Crippen LogP contribution in [-0.2, 0) is 11.3 Å². The molecule has 0 aliphatic rings. The maximum absolute atomic E-state index is 12.6. The molecule has 3 rings (SSSR count). The highest BCUT2D eigenvalue weighted by Crippen LogP contribution is 2.26. The highest BCUT2D eigenvalue weighted by Gasteiger charge is 2.17. The number of aryl methyl sites for hydroxylation is 1. The Kier molecular flexibility index (Phi) is 7.01. The number of nitrogens with one attached hydrogen (secondary N) is 1. The molecule has 0 unspecified atom stereocenters. The SMILES string of the molecule is CCCN(CC(=O)Nc1cccc(C)c1C)Cc1nnc(-c2ccccc2Cl)o1. The fourth-order valence-electron chi connectivity index (χ4n) is 3.06. The third kappa shape index (κ3) is 5.43. The summed E-state index contributed by atoms with van der Waals surface area (Å²) in [5.41, 5.74) is 3.75. The first kappa shape index (κ1) is 21.0. The summed E-state index contributed by atoms with van der Waals surface area (Å²) in [5.74, 6) is 0.757. The van der Waals surface area contributed by atoms with E-state index in [1.54, 1.807) is 6.07 Å². The van der Waals surface area contributed by atoms with Crippen LogP contribution in [0.1, 0.15) is 30.4 Å². The summed E-state index contributed by atoms with van der Waals surface area (Å²) >= 11 is 6.20. The Balaban J connectivity index is 1.67. The topological polar surface area (TPSA) is 71.3 Å². The molecule has 0 fully saturated rings. The van der Waals surface area contributed by atoms with Crippen LogP contribution in [0.2, 0.25) is 5.02 Å². The zero-order valence-electron chi connectivity index (χ0n) is 16.9. The van der Waals surface area contributed by atoms with Gasteiger partial charge in [-0.25, -0.2) is 0 Å². The molecule has 0 aliphatic heterocycles. The van der Waals surface area contributed by atoms with Crippen molar-refractivity contribution in [2.75, 3.05) is 18.4 Å². The lowest BCUT2D eigenvalue weighted by atomic mass is 10.1. The largest absolute Gasteiger partial charge is 0.419 e. The average molecular weight is 413 g/mol. The number of aromatic nitrogens is 2. The van der Waals surface area contributed by atoms with E-state index in [4.69, 9.17) is 16.0 Å². The second-order valence-electron chi connectivity index (χ2n) is 6.99. The number of amides is 1. The maximum Gasteiger partial charge on any atom is 0.249 e.